The maximum absolute atomic E-state index is 11.1. The van der Waals surface area contributed by atoms with E-state index in [0.29, 0.717) is 13.0 Å². The predicted molar refractivity (Wildman–Crippen MR) is 78.3 cm³/mol. The van der Waals surface area contributed by atoms with Crippen molar-refractivity contribution < 1.29 is 14.3 Å². The summed E-state index contributed by atoms with van der Waals surface area (Å²) in [7, 11) is 2.13. The van der Waals surface area contributed by atoms with Gasteiger partial charge in [-0.3, -0.25) is 4.79 Å². The number of piperazine rings is 1. The van der Waals surface area contributed by atoms with E-state index in [2.05, 4.69) is 16.8 Å². The number of rotatable bonds is 4. The molecule has 0 aromatic heterocycles. The van der Waals surface area contributed by atoms with Gasteiger partial charge in [-0.2, -0.15) is 0 Å². The van der Waals surface area contributed by atoms with Crippen LogP contribution in [0.3, 0.4) is 0 Å². The van der Waals surface area contributed by atoms with Gasteiger partial charge in [-0.15, -0.1) is 0 Å². The molecule has 0 unspecified atom stereocenters. The smallest absolute Gasteiger partial charge is 0.307 e. The van der Waals surface area contributed by atoms with Crippen molar-refractivity contribution in [2.24, 2.45) is 0 Å². The molecule has 0 radical (unpaired) electrons. The van der Waals surface area contributed by atoms with Gasteiger partial charge in [0, 0.05) is 32.7 Å². The zero-order valence-corrected chi connectivity index (χ0v) is 13.1. The summed E-state index contributed by atoms with van der Waals surface area (Å²) in [6.45, 7) is 12.9. The quantitative estimate of drug-likeness (QED) is 0.573. The molecular formula is C14H30N2O3. The molecule has 1 heterocycles. The molecule has 1 rings (SSSR count). The highest BCUT2D eigenvalue weighted by atomic mass is 16.5. The van der Waals surface area contributed by atoms with Crippen molar-refractivity contribution >= 4 is 12.3 Å². The Labute approximate surface area is 117 Å². The normalized spacial score (nSPS) is 15.4. The van der Waals surface area contributed by atoms with Crippen molar-refractivity contribution in [3.63, 3.8) is 0 Å². The van der Waals surface area contributed by atoms with Crippen molar-refractivity contribution in [3.05, 3.63) is 0 Å². The van der Waals surface area contributed by atoms with Crippen LogP contribution in [-0.4, -0.2) is 68.4 Å². The van der Waals surface area contributed by atoms with Gasteiger partial charge in [0.2, 0.25) is 0 Å². The fraction of sp³-hybridized carbons (Fsp3) is 0.857. The van der Waals surface area contributed by atoms with Crippen LogP contribution in [0, 0.1) is 0 Å². The first-order chi connectivity index (χ1) is 9.13. The van der Waals surface area contributed by atoms with Gasteiger partial charge in [-0.25, -0.2) is 0 Å². The van der Waals surface area contributed by atoms with E-state index in [1.807, 2.05) is 20.8 Å². The van der Waals surface area contributed by atoms with Crippen LogP contribution in [0.1, 0.15) is 34.1 Å². The summed E-state index contributed by atoms with van der Waals surface area (Å²) in [5.41, 5.74) is 0. The zero-order valence-electron chi connectivity index (χ0n) is 13.1. The summed E-state index contributed by atoms with van der Waals surface area (Å²) in [6, 6.07) is 0. The minimum Gasteiger partial charge on any atom is -0.466 e. The first kappa shape index (κ1) is 20.4. The van der Waals surface area contributed by atoms with E-state index in [1.54, 1.807) is 0 Å². The van der Waals surface area contributed by atoms with Crippen LogP contribution in [0.25, 0.3) is 0 Å². The molecule has 0 spiro atoms. The molecule has 0 atom stereocenters. The Balaban J connectivity index is 0. The molecule has 1 fully saturated rings. The van der Waals surface area contributed by atoms with Gasteiger partial charge in [0.15, 0.2) is 0 Å². The molecule has 0 bridgehead atoms. The van der Waals surface area contributed by atoms with Crippen LogP contribution in [-0.2, 0) is 14.3 Å². The van der Waals surface area contributed by atoms with E-state index < -0.39 is 0 Å². The third-order valence-corrected chi connectivity index (χ3v) is 2.53. The third kappa shape index (κ3) is 13.3. The number of aldehydes is 1. The van der Waals surface area contributed by atoms with Gasteiger partial charge < -0.3 is 19.3 Å². The molecular weight excluding hydrogens is 244 g/mol. The minimum atomic E-state index is -0.0774. The second kappa shape index (κ2) is 15.1. The summed E-state index contributed by atoms with van der Waals surface area (Å²) >= 11 is 0. The van der Waals surface area contributed by atoms with Crippen molar-refractivity contribution in [3.8, 4) is 0 Å². The largest absolute Gasteiger partial charge is 0.466 e. The monoisotopic (exact) mass is 274 g/mol. The highest BCUT2D eigenvalue weighted by Crippen LogP contribution is 2.00. The fourth-order valence-electron chi connectivity index (χ4n) is 1.55. The highest BCUT2D eigenvalue weighted by molar-refractivity contribution is 5.69. The molecule has 0 aromatic rings. The molecule has 114 valence electrons. The maximum Gasteiger partial charge on any atom is 0.307 e. The molecule has 5 heteroatoms. The molecule has 0 amide bonds. The van der Waals surface area contributed by atoms with E-state index in [9.17, 15) is 4.79 Å². The molecule has 0 saturated carbocycles. The second-order valence-corrected chi connectivity index (χ2v) is 3.94. The lowest BCUT2D eigenvalue weighted by Gasteiger charge is -2.31. The summed E-state index contributed by atoms with van der Waals surface area (Å²) in [4.78, 5) is 24.5. The molecule has 0 aromatic carbocycles. The molecule has 5 nitrogen and oxygen atoms in total. The third-order valence-electron chi connectivity index (χ3n) is 2.53. The summed E-state index contributed by atoms with van der Waals surface area (Å²) < 4.78 is 4.88. The Morgan fingerprint density at radius 1 is 1.21 bits per heavy atom. The number of carbonyl (C=O) groups excluding carboxylic acids is 2. The van der Waals surface area contributed by atoms with Crippen molar-refractivity contribution in [1.82, 2.24) is 9.80 Å². The van der Waals surface area contributed by atoms with E-state index in [4.69, 9.17) is 9.53 Å². The number of hydrogen-bond acceptors (Lipinski definition) is 5. The average molecular weight is 274 g/mol. The van der Waals surface area contributed by atoms with E-state index in [-0.39, 0.29) is 5.97 Å². The van der Waals surface area contributed by atoms with Gasteiger partial charge >= 0.3 is 5.97 Å². The van der Waals surface area contributed by atoms with Gasteiger partial charge in [-0.1, -0.05) is 13.8 Å². The van der Waals surface area contributed by atoms with E-state index in [0.717, 1.165) is 39.0 Å². The van der Waals surface area contributed by atoms with Crippen LogP contribution >= 0.6 is 0 Å². The second-order valence-electron chi connectivity index (χ2n) is 3.94. The topological polar surface area (TPSA) is 49.9 Å². The summed E-state index contributed by atoms with van der Waals surface area (Å²) in [6.07, 6.45) is 1.28. The molecule has 1 saturated heterocycles. The summed E-state index contributed by atoms with van der Waals surface area (Å²) in [5, 5.41) is 0. The van der Waals surface area contributed by atoms with Crippen LogP contribution < -0.4 is 0 Å². The Morgan fingerprint density at radius 2 is 1.68 bits per heavy atom. The standard InChI is InChI=1S/C10H20N2O2.C2H4O.C2H6/c1-3-14-10(13)4-5-12-8-6-11(2)7-9-12;1-2-3;1-2/h3-9H2,1-2H3;2H,1H3;1-2H3. The molecule has 1 aliphatic heterocycles. The Bertz CT molecular complexity index is 215. The molecule has 1 aliphatic rings. The number of nitrogens with zero attached hydrogens (tertiary/aromatic N) is 2. The van der Waals surface area contributed by atoms with Crippen molar-refractivity contribution in [2.75, 3.05) is 46.4 Å². The SMILES string of the molecule is CC.CC=O.CCOC(=O)CCN1CCN(C)CC1. The fourth-order valence-corrected chi connectivity index (χ4v) is 1.55. The van der Waals surface area contributed by atoms with Crippen LogP contribution in [0.4, 0.5) is 0 Å². The Hall–Kier alpha value is -0.940. The first-order valence-electron chi connectivity index (χ1n) is 7.10. The van der Waals surface area contributed by atoms with E-state index in [1.165, 1.54) is 6.92 Å². The minimum absolute atomic E-state index is 0.0774. The molecule has 19 heavy (non-hydrogen) atoms. The van der Waals surface area contributed by atoms with Gasteiger partial charge in [0.05, 0.1) is 13.0 Å². The predicted octanol–water partition coefficient (Wildman–Crippen LogP) is 1.42. The number of likely N-dealkylation sites (N-methyl/N-ethyl adjacent to an activating group) is 1. The van der Waals surface area contributed by atoms with Gasteiger partial charge in [0.1, 0.15) is 6.29 Å². The Kier molecular flexibility index (Phi) is 16.2. The van der Waals surface area contributed by atoms with Crippen molar-refractivity contribution in [1.29, 1.82) is 0 Å². The van der Waals surface area contributed by atoms with Crippen LogP contribution in [0.5, 0.6) is 0 Å². The lowest BCUT2D eigenvalue weighted by molar-refractivity contribution is -0.143. The number of carbonyl (C=O) groups is 2. The van der Waals surface area contributed by atoms with Crippen LogP contribution in [0.2, 0.25) is 0 Å². The van der Waals surface area contributed by atoms with Gasteiger partial charge in [0.25, 0.3) is 0 Å². The number of ether oxygens (including phenoxy) is 1. The lowest BCUT2D eigenvalue weighted by Crippen LogP contribution is -2.45. The Morgan fingerprint density at radius 3 is 2.11 bits per heavy atom. The first-order valence-corrected chi connectivity index (χ1v) is 7.10. The highest BCUT2D eigenvalue weighted by Gasteiger charge is 2.14. The van der Waals surface area contributed by atoms with Crippen LogP contribution in [0.15, 0.2) is 0 Å². The zero-order chi connectivity index (χ0) is 15.1. The number of hydrogen-bond donors (Lipinski definition) is 0. The molecule has 0 aliphatic carbocycles. The number of esters is 1. The van der Waals surface area contributed by atoms with Crippen molar-refractivity contribution in [2.45, 2.75) is 34.1 Å². The summed E-state index contributed by atoms with van der Waals surface area (Å²) in [5.74, 6) is -0.0774. The van der Waals surface area contributed by atoms with E-state index >= 15 is 0 Å². The molecule has 0 N–H and O–H groups in total. The lowest BCUT2D eigenvalue weighted by atomic mass is 10.3. The maximum atomic E-state index is 11.1. The average Bonchev–Trinajstić information content (AvgIpc) is 2.42. The van der Waals surface area contributed by atoms with Gasteiger partial charge in [-0.05, 0) is 20.9 Å².